The summed E-state index contributed by atoms with van der Waals surface area (Å²) in [6.45, 7) is 7.15. The Morgan fingerprint density at radius 2 is 2.00 bits per heavy atom. The van der Waals surface area contributed by atoms with Crippen molar-refractivity contribution in [3.8, 4) is 0 Å². The molecule has 1 aromatic rings. The molecule has 0 atom stereocenters. The molecule has 0 aliphatic carbocycles. The second-order valence-corrected chi connectivity index (χ2v) is 6.59. The first kappa shape index (κ1) is 15.4. The third kappa shape index (κ3) is 4.87. The molecule has 1 aromatic heterocycles. The molecule has 0 saturated heterocycles. The van der Waals surface area contributed by atoms with Gasteiger partial charge in [0.15, 0.2) is 0 Å². The first-order valence-electron chi connectivity index (χ1n) is 5.98. The van der Waals surface area contributed by atoms with Crippen molar-refractivity contribution in [2.24, 2.45) is 0 Å². The van der Waals surface area contributed by atoms with Crippen LogP contribution in [-0.2, 0) is 9.59 Å². The molecule has 0 fully saturated rings. The molecular weight excluding hydrogens is 262 g/mol. The Morgan fingerprint density at radius 1 is 1.37 bits per heavy atom. The SMILES string of the molecule is Cc1ccc(C=CC(=O)N(CC(=O)O)C(C)(C)C)s1. The van der Waals surface area contributed by atoms with Gasteiger partial charge in [-0.25, -0.2) is 0 Å². The summed E-state index contributed by atoms with van der Waals surface area (Å²) in [5, 5.41) is 8.87. The van der Waals surface area contributed by atoms with Crippen LogP contribution in [0.5, 0.6) is 0 Å². The topological polar surface area (TPSA) is 57.6 Å². The molecule has 4 nitrogen and oxygen atoms in total. The minimum Gasteiger partial charge on any atom is -0.480 e. The summed E-state index contributed by atoms with van der Waals surface area (Å²) >= 11 is 1.59. The number of aliphatic carboxylic acids is 1. The molecular formula is C14H19NO3S. The lowest BCUT2D eigenvalue weighted by Crippen LogP contribution is -2.47. The van der Waals surface area contributed by atoms with E-state index in [0.29, 0.717) is 0 Å². The molecule has 1 rings (SSSR count). The van der Waals surface area contributed by atoms with Crippen molar-refractivity contribution in [1.82, 2.24) is 4.90 Å². The highest BCUT2D eigenvalue weighted by Gasteiger charge is 2.26. The van der Waals surface area contributed by atoms with Gasteiger partial charge in [0.2, 0.25) is 5.91 Å². The van der Waals surface area contributed by atoms with Crippen LogP contribution >= 0.6 is 11.3 Å². The highest BCUT2D eigenvalue weighted by Crippen LogP contribution is 2.18. The first-order chi connectivity index (χ1) is 8.70. The minimum atomic E-state index is -1.01. The number of aryl methyl sites for hydroxylation is 1. The molecule has 0 aromatic carbocycles. The van der Waals surface area contributed by atoms with Gasteiger partial charge in [0.05, 0.1) is 0 Å². The number of carbonyl (C=O) groups excluding carboxylic acids is 1. The summed E-state index contributed by atoms with van der Waals surface area (Å²) in [5.41, 5.74) is -0.523. The average molecular weight is 281 g/mol. The molecule has 5 heteroatoms. The smallest absolute Gasteiger partial charge is 0.323 e. The number of hydrogen-bond donors (Lipinski definition) is 1. The van der Waals surface area contributed by atoms with Crippen molar-refractivity contribution in [2.75, 3.05) is 6.54 Å². The van der Waals surface area contributed by atoms with Crippen molar-refractivity contribution in [3.05, 3.63) is 28.0 Å². The fourth-order valence-electron chi connectivity index (χ4n) is 1.57. The fraction of sp³-hybridized carbons (Fsp3) is 0.429. The second-order valence-electron chi connectivity index (χ2n) is 5.27. The van der Waals surface area contributed by atoms with Crippen LogP contribution < -0.4 is 0 Å². The van der Waals surface area contributed by atoms with Crippen molar-refractivity contribution in [2.45, 2.75) is 33.2 Å². The molecule has 1 amide bonds. The van der Waals surface area contributed by atoms with Gasteiger partial charge < -0.3 is 10.0 Å². The van der Waals surface area contributed by atoms with Crippen molar-refractivity contribution >= 4 is 29.3 Å². The van der Waals surface area contributed by atoms with Crippen LogP contribution in [-0.4, -0.2) is 34.0 Å². The van der Waals surface area contributed by atoms with E-state index in [9.17, 15) is 9.59 Å². The van der Waals surface area contributed by atoms with Gasteiger partial charge in [-0.3, -0.25) is 9.59 Å². The summed E-state index contributed by atoms with van der Waals surface area (Å²) in [7, 11) is 0. The van der Waals surface area contributed by atoms with Gasteiger partial charge in [-0.2, -0.15) is 0 Å². The standard InChI is InChI=1S/C14H19NO3S/c1-10-5-6-11(19-10)7-8-12(16)15(9-13(17)18)14(2,3)4/h5-8H,9H2,1-4H3,(H,17,18). The maximum absolute atomic E-state index is 12.1. The van der Waals surface area contributed by atoms with Crippen LogP contribution in [0.4, 0.5) is 0 Å². The summed E-state index contributed by atoms with van der Waals surface area (Å²) < 4.78 is 0. The Bertz CT molecular complexity index is 497. The fourth-order valence-corrected chi connectivity index (χ4v) is 2.35. The van der Waals surface area contributed by atoms with Crippen LogP contribution in [0.15, 0.2) is 18.2 Å². The van der Waals surface area contributed by atoms with Gasteiger partial charge >= 0.3 is 5.97 Å². The van der Waals surface area contributed by atoms with E-state index < -0.39 is 11.5 Å². The van der Waals surface area contributed by atoms with Crippen molar-refractivity contribution in [3.63, 3.8) is 0 Å². The molecule has 1 N–H and O–H groups in total. The van der Waals surface area contributed by atoms with Crippen molar-refractivity contribution < 1.29 is 14.7 Å². The highest BCUT2D eigenvalue weighted by atomic mass is 32.1. The Morgan fingerprint density at radius 3 is 2.42 bits per heavy atom. The predicted molar refractivity (Wildman–Crippen MR) is 77.2 cm³/mol. The molecule has 0 spiro atoms. The zero-order valence-electron chi connectivity index (χ0n) is 11.6. The zero-order valence-corrected chi connectivity index (χ0v) is 12.5. The van der Waals surface area contributed by atoms with E-state index in [-0.39, 0.29) is 12.5 Å². The first-order valence-corrected chi connectivity index (χ1v) is 6.79. The Labute approximate surface area is 117 Å². The molecule has 19 heavy (non-hydrogen) atoms. The average Bonchev–Trinajstić information content (AvgIpc) is 2.67. The molecule has 0 unspecified atom stereocenters. The normalized spacial score (nSPS) is 11.8. The molecule has 0 radical (unpaired) electrons. The molecule has 104 valence electrons. The lowest BCUT2D eigenvalue weighted by Gasteiger charge is -2.33. The maximum Gasteiger partial charge on any atom is 0.323 e. The van der Waals surface area contributed by atoms with E-state index in [1.165, 1.54) is 15.9 Å². The van der Waals surface area contributed by atoms with Crippen molar-refractivity contribution in [1.29, 1.82) is 0 Å². The van der Waals surface area contributed by atoms with E-state index >= 15 is 0 Å². The molecule has 0 bridgehead atoms. The van der Waals surface area contributed by atoms with Crippen LogP contribution in [0.25, 0.3) is 6.08 Å². The zero-order chi connectivity index (χ0) is 14.6. The number of rotatable bonds is 4. The second kappa shape index (κ2) is 6.02. The van der Waals surface area contributed by atoms with Crippen LogP contribution in [0.2, 0.25) is 0 Å². The van der Waals surface area contributed by atoms with E-state index in [2.05, 4.69) is 0 Å². The summed E-state index contributed by atoms with van der Waals surface area (Å²) in [6, 6.07) is 3.91. The quantitative estimate of drug-likeness (QED) is 0.863. The molecule has 1 heterocycles. The molecule has 0 aliphatic rings. The van der Waals surface area contributed by atoms with Gasteiger partial charge in [-0.1, -0.05) is 0 Å². The van der Waals surface area contributed by atoms with Gasteiger partial charge in [0.1, 0.15) is 6.54 Å². The highest BCUT2D eigenvalue weighted by molar-refractivity contribution is 7.12. The number of nitrogens with zero attached hydrogens (tertiary/aromatic N) is 1. The lowest BCUT2D eigenvalue weighted by molar-refractivity contribution is -0.145. The Hall–Kier alpha value is -1.62. The van der Waals surface area contributed by atoms with Gasteiger partial charge in [-0.15, -0.1) is 11.3 Å². The minimum absolute atomic E-state index is 0.291. The Kier molecular flexibility index (Phi) is 4.89. The van der Waals surface area contributed by atoms with Crippen LogP contribution in [0.1, 0.15) is 30.5 Å². The number of thiophene rings is 1. The van der Waals surface area contributed by atoms with E-state index in [4.69, 9.17) is 5.11 Å². The lowest BCUT2D eigenvalue weighted by atomic mass is 10.1. The largest absolute Gasteiger partial charge is 0.480 e. The number of hydrogen-bond acceptors (Lipinski definition) is 3. The summed E-state index contributed by atoms with van der Waals surface area (Å²) in [4.78, 5) is 26.4. The third-order valence-corrected chi connectivity index (χ3v) is 3.49. The van der Waals surface area contributed by atoms with Gasteiger partial charge in [0.25, 0.3) is 0 Å². The van der Waals surface area contributed by atoms with E-state index in [0.717, 1.165) is 4.88 Å². The summed E-state index contributed by atoms with van der Waals surface area (Å²) in [5.74, 6) is -1.30. The third-order valence-electron chi connectivity index (χ3n) is 2.52. The maximum atomic E-state index is 12.1. The van der Waals surface area contributed by atoms with E-state index in [1.54, 1.807) is 17.4 Å². The van der Waals surface area contributed by atoms with Gasteiger partial charge in [0, 0.05) is 21.4 Å². The monoisotopic (exact) mass is 281 g/mol. The van der Waals surface area contributed by atoms with E-state index in [1.807, 2.05) is 39.8 Å². The number of carbonyl (C=O) groups is 2. The Balaban J connectivity index is 2.83. The molecule has 0 saturated carbocycles. The van der Waals surface area contributed by atoms with Crippen LogP contribution in [0, 0.1) is 6.92 Å². The molecule has 0 aliphatic heterocycles. The van der Waals surface area contributed by atoms with Gasteiger partial charge in [-0.05, 0) is 45.9 Å². The number of carboxylic acids is 1. The number of carboxylic acid groups (broad SMARTS) is 1. The predicted octanol–water partition coefficient (Wildman–Crippen LogP) is 2.78. The summed E-state index contributed by atoms with van der Waals surface area (Å²) in [6.07, 6.45) is 3.15. The van der Waals surface area contributed by atoms with Crippen LogP contribution in [0.3, 0.4) is 0 Å². The number of amides is 1.